The molecule has 0 unspecified atom stereocenters. The van der Waals surface area contributed by atoms with Gasteiger partial charge in [-0.3, -0.25) is 4.79 Å². The SMILES string of the molecule is CCOC(=O)CCNS(=O)(=O)c1ccc(Br)cc1. The number of rotatable bonds is 6. The minimum Gasteiger partial charge on any atom is -0.466 e. The van der Waals surface area contributed by atoms with Crippen molar-refractivity contribution in [2.75, 3.05) is 13.2 Å². The number of hydrogen-bond acceptors (Lipinski definition) is 4. The molecule has 0 aromatic heterocycles. The first kappa shape index (κ1) is 15.1. The Hall–Kier alpha value is -0.920. The zero-order chi connectivity index (χ0) is 13.6. The largest absolute Gasteiger partial charge is 0.466 e. The van der Waals surface area contributed by atoms with E-state index in [9.17, 15) is 13.2 Å². The summed E-state index contributed by atoms with van der Waals surface area (Å²) >= 11 is 3.22. The van der Waals surface area contributed by atoms with Gasteiger partial charge in [-0.15, -0.1) is 0 Å². The first-order valence-electron chi connectivity index (χ1n) is 5.36. The summed E-state index contributed by atoms with van der Waals surface area (Å²) in [6, 6.07) is 6.24. The van der Waals surface area contributed by atoms with Crippen molar-refractivity contribution in [1.82, 2.24) is 4.72 Å². The zero-order valence-corrected chi connectivity index (χ0v) is 12.3. The summed E-state index contributed by atoms with van der Waals surface area (Å²) < 4.78 is 31.4. The molecule has 7 heteroatoms. The van der Waals surface area contributed by atoms with Gasteiger partial charge in [-0.1, -0.05) is 15.9 Å². The third-order valence-electron chi connectivity index (χ3n) is 2.05. The first-order valence-corrected chi connectivity index (χ1v) is 7.64. The molecule has 1 N–H and O–H groups in total. The van der Waals surface area contributed by atoms with Crippen LogP contribution >= 0.6 is 15.9 Å². The third-order valence-corrected chi connectivity index (χ3v) is 4.06. The highest BCUT2D eigenvalue weighted by molar-refractivity contribution is 9.10. The van der Waals surface area contributed by atoms with E-state index in [0.717, 1.165) is 4.47 Å². The molecule has 0 fully saturated rings. The molecule has 0 amide bonds. The van der Waals surface area contributed by atoms with Gasteiger partial charge in [-0.05, 0) is 31.2 Å². The molecule has 0 spiro atoms. The lowest BCUT2D eigenvalue weighted by Crippen LogP contribution is -2.26. The lowest BCUT2D eigenvalue weighted by molar-refractivity contribution is -0.142. The fourth-order valence-corrected chi connectivity index (χ4v) is 2.51. The molecule has 1 aromatic carbocycles. The number of esters is 1. The second kappa shape index (κ2) is 6.86. The standard InChI is InChI=1S/C11H14BrNO4S/c1-2-17-11(14)7-8-13-18(15,16)10-5-3-9(12)4-6-10/h3-6,13H,2,7-8H2,1H3. The molecule has 100 valence electrons. The minimum absolute atomic E-state index is 0.0175. The molecular weight excluding hydrogens is 322 g/mol. The van der Waals surface area contributed by atoms with E-state index in [1.54, 1.807) is 19.1 Å². The zero-order valence-electron chi connectivity index (χ0n) is 9.85. The number of sulfonamides is 1. The normalized spacial score (nSPS) is 11.2. The fraction of sp³-hybridized carbons (Fsp3) is 0.364. The molecule has 5 nitrogen and oxygen atoms in total. The molecule has 0 aliphatic rings. The molecule has 0 atom stereocenters. The van der Waals surface area contributed by atoms with Crippen LogP contribution in [0.1, 0.15) is 13.3 Å². The van der Waals surface area contributed by atoms with Crippen molar-refractivity contribution in [3.63, 3.8) is 0 Å². The monoisotopic (exact) mass is 335 g/mol. The summed E-state index contributed by atoms with van der Waals surface area (Å²) in [4.78, 5) is 11.2. The Morgan fingerprint density at radius 3 is 2.50 bits per heavy atom. The summed E-state index contributed by atoms with van der Waals surface area (Å²) in [7, 11) is -3.57. The molecule has 0 saturated heterocycles. The number of halogens is 1. The molecule has 0 aliphatic carbocycles. The van der Waals surface area contributed by atoms with Gasteiger partial charge in [0.15, 0.2) is 0 Å². The lowest BCUT2D eigenvalue weighted by atomic mass is 10.4. The molecule has 0 bridgehead atoms. The topological polar surface area (TPSA) is 72.5 Å². The predicted octanol–water partition coefficient (Wildman–Crippen LogP) is 1.68. The molecule has 0 heterocycles. The molecule has 1 aromatic rings. The second-order valence-electron chi connectivity index (χ2n) is 3.41. The van der Waals surface area contributed by atoms with Gasteiger partial charge >= 0.3 is 5.97 Å². The molecule has 1 rings (SSSR count). The average molecular weight is 336 g/mol. The van der Waals surface area contributed by atoms with Crippen LogP contribution in [-0.2, 0) is 19.6 Å². The van der Waals surface area contributed by atoms with Crippen LogP contribution in [0.2, 0.25) is 0 Å². The molecule has 0 aliphatic heterocycles. The Labute approximate surface area is 115 Å². The van der Waals surface area contributed by atoms with E-state index in [0.29, 0.717) is 0 Å². The molecular formula is C11H14BrNO4S. The van der Waals surface area contributed by atoms with E-state index in [4.69, 9.17) is 4.74 Å². The van der Waals surface area contributed by atoms with Gasteiger partial charge in [0.2, 0.25) is 10.0 Å². The second-order valence-corrected chi connectivity index (χ2v) is 6.09. The van der Waals surface area contributed by atoms with E-state index >= 15 is 0 Å². The lowest BCUT2D eigenvalue weighted by Gasteiger charge is -2.06. The summed E-state index contributed by atoms with van der Waals surface area (Å²) in [5, 5.41) is 0. The Morgan fingerprint density at radius 1 is 1.33 bits per heavy atom. The van der Waals surface area contributed by atoms with Gasteiger partial charge in [0, 0.05) is 11.0 Å². The van der Waals surface area contributed by atoms with Gasteiger partial charge in [0.25, 0.3) is 0 Å². The number of carbonyl (C=O) groups excluding carboxylic acids is 1. The molecule has 0 radical (unpaired) electrons. The maximum atomic E-state index is 11.8. The van der Waals surface area contributed by atoms with Crippen molar-refractivity contribution in [3.05, 3.63) is 28.7 Å². The van der Waals surface area contributed by atoms with E-state index in [1.807, 2.05) is 0 Å². The van der Waals surface area contributed by atoms with Crippen LogP contribution in [0.4, 0.5) is 0 Å². The van der Waals surface area contributed by atoms with Crippen LogP contribution in [0.25, 0.3) is 0 Å². The van der Waals surface area contributed by atoms with Gasteiger partial charge in [0.05, 0.1) is 17.9 Å². The Morgan fingerprint density at radius 2 is 1.94 bits per heavy atom. The van der Waals surface area contributed by atoms with Crippen LogP contribution in [0.3, 0.4) is 0 Å². The maximum Gasteiger partial charge on any atom is 0.307 e. The minimum atomic E-state index is -3.57. The van der Waals surface area contributed by atoms with Crippen LogP contribution in [0.15, 0.2) is 33.6 Å². The van der Waals surface area contributed by atoms with Crippen LogP contribution in [0.5, 0.6) is 0 Å². The summed E-state index contributed by atoms with van der Waals surface area (Å²) in [5.41, 5.74) is 0. The third kappa shape index (κ3) is 4.75. The Bertz CT molecular complexity index is 498. The number of hydrogen-bond donors (Lipinski definition) is 1. The highest BCUT2D eigenvalue weighted by atomic mass is 79.9. The number of benzene rings is 1. The van der Waals surface area contributed by atoms with Gasteiger partial charge in [-0.25, -0.2) is 13.1 Å². The summed E-state index contributed by atoms with van der Waals surface area (Å²) in [6.07, 6.45) is 0.0175. The van der Waals surface area contributed by atoms with E-state index in [2.05, 4.69) is 20.7 Å². The average Bonchev–Trinajstić information content (AvgIpc) is 2.29. The summed E-state index contributed by atoms with van der Waals surface area (Å²) in [6.45, 7) is 2.01. The van der Waals surface area contributed by atoms with Crippen molar-refractivity contribution in [3.8, 4) is 0 Å². The van der Waals surface area contributed by atoms with E-state index < -0.39 is 16.0 Å². The van der Waals surface area contributed by atoms with E-state index in [1.165, 1.54) is 12.1 Å². The van der Waals surface area contributed by atoms with Crippen molar-refractivity contribution < 1.29 is 17.9 Å². The Balaban J connectivity index is 2.55. The first-order chi connectivity index (χ1) is 8.45. The van der Waals surface area contributed by atoms with Gasteiger partial charge in [0.1, 0.15) is 0 Å². The highest BCUT2D eigenvalue weighted by Crippen LogP contribution is 2.14. The fourth-order valence-electron chi connectivity index (χ4n) is 1.22. The van der Waals surface area contributed by atoms with Crippen LogP contribution in [-0.4, -0.2) is 27.5 Å². The number of nitrogens with one attached hydrogen (secondary N) is 1. The number of carbonyl (C=O) groups is 1. The summed E-state index contributed by atoms with van der Waals surface area (Å²) in [5.74, 6) is -0.420. The van der Waals surface area contributed by atoms with Crippen LogP contribution in [0, 0.1) is 0 Å². The van der Waals surface area contributed by atoms with Crippen molar-refractivity contribution >= 4 is 31.9 Å². The predicted molar refractivity (Wildman–Crippen MR) is 70.6 cm³/mol. The van der Waals surface area contributed by atoms with Crippen molar-refractivity contribution in [2.24, 2.45) is 0 Å². The highest BCUT2D eigenvalue weighted by Gasteiger charge is 2.13. The smallest absolute Gasteiger partial charge is 0.307 e. The molecule has 18 heavy (non-hydrogen) atoms. The maximum absolute atomic E-state index is 11.8. The van der Waals surface area contributed by atoms with Crippen molar-refractivity contribution in [1.29, 1.82) is 0 Å². The molecule has 0 saturated carbocycles. The quantitative estimate of drug-likeness (QED) is 0.803. The van der Waals surface area contributed by atoms with Crippen LogP contribution < -0.4 is 4.72 Å². The van der Waals surface area contributed by atoms with E-state index in [-0.39, 0.29) is 24.5 Å². The van der Waals surface area contributed by atoms with Crippen molar-refractivity contribution in [2.45, 2.75) is 18.2 Å². The van der Waals surface area contributed by atoms with Gasteiger partial charge < -0.3 is 4.74 Å². The number of ether oxygens (including phenoxy) is 1. The Kier molecular flexibility index (Phi) is 5.77. The van der Waals surface area contributed by atoms with Gasteiger partial charge in [-0.2, -0.15) is 0 Å².